The molecular formula is C17H19N3O4. The molecule has 7 heteroatoms. The van der Waals surface area contributed by atoms with Crippen LogP contribution < -0.4 is 5.32 Å². The standard InChI is InChI=1S/C17H19N3O4/c1-12-14(15(16(21)22)20(2)19-12)9-6-10-18-17(23)24-11-13-7-4-3-5-8-13/h3-9H,10-11H2,1-2H3,(H,18,23)(H,21,22). The Morgan fingerprint density at radius 3 is 2.71 bits per heavy atom. The molecule has 0 radical (unpaired) electrons. The third-order valence-electron chi connectivity index (χ3n) is 3.33. The molecule has 0 saturated heterocycles. The zero-order chi connectivity index (χ0) is 17.5. The molecule has 2 rings (SSSR count). The van der Waals surface area contributed by atoms with Crippen LogP contribution in [-0.4, -0.2) is 33.5 Å². The van der Waals surface area contributed by atoms with E-state index in [9.17, 15) is 14.7 Å². The fourth-order valence-corrected chi connectivity index (χ4v) is 2.22. The average Bonchev–Trinajstić information content (AvgIpc) is 2.84. The number of carbonyl (C=O) groups excluding carboxylic acids is 1. The van der Waals surface area contributed by atoms with E-state index in [1.807, 2.05) is 30.3 Å². The molecule has 0 spiro atoms. The zero-order valence-electron chi connectivity index (χ0n) is 13.5. The topological polar surface area (TPSA) is 93.5 Å². The number of alkyl carbamates (subject to hydrolysis) is 1. The Morgan fingerprint density at radius 2 is 2.04 bits per heavy atom. The van der Waals surface area contributed by atoms with Gasteiger partial charge in [0.25, 0.3) is 0 Å². The second-order valence-corrected chi connectivity index (χ2v) is 5.12. The summed E-state index contributed by atoms with van der Waals surface area (Å²) in [6, 6.07) is 9.36. The largest absolute Gasteiger partial charge is 0.477 e. The van der Waals surface area contributed by atoms with Crippen LogP contribution in [0.25, 0.3) is 6.08 Å². The molecule has 24 heavy (non-hydrogen) atoms. The van der Waals surface area contributed by atoms with Crippen molar-refractivity contribution in [3.05, 3.63) is 58.9 Å². The first-order chi connectivity index (χ1) is 11.5. The van der Waals surface area contributed by atoms with E-state index in [4.69, 9.17) is 4.74 Å². The highest BCUT2D eigenvalue weighted by Gasteiger charge is 2.16. The van der Waals surface area contributed by atoms with Gasteiger partial charge in [0.2, 0.25) is 0 Å². The molecule has 2 N–H and O–H groups in total. The van der Waals surface area contributed by atoms with Gasteiger partial charge in [-0.3, -0.25) is 4.68 Å². The minimum atomic E-state index is -1.05. The van der Waals surface area contributed by atoms with E-state index >= 15 is 0 Å². The Balaban J connectivity index is 1.85. The fraction of sp³-hybridized carbons (Fsp3) is 0.235. The van der Waals surface area contributed by atoms with Gasteiger partial charge in [0.15, 0.2) is 5.69 Å². The van der Waals surface area contributed by atoms with Crippen molar-refractivity contribution in [1.82, 2.24) is 15.1 Å². The van der Waals surface area contributed by atoms with E-state index in [-0.39, 0.29) is 18.8 Å². The lowest BCUT2D eigenvalue weighted by Crippen LogP contribution is -2.24. The number of hydrogen-bond donors (Lipinski definition) is 2. The van der Waals surface area contributed by atoms with Gasteiger partial charge in [-0.25, -0.2) is 9.59 Å². The van der Waals surface area contributed by atoms with Crippen molar-refractivity contribution in [1.29, 1.82) is 0 Å². The van der Waals surface area contributed by atoms with Gasteiger partial charge in [-0.1, -0.05) is 42.5 Å². The van der Waals surface area contributed by atoms with Crippen LogP contribution in [0.4, 0.5) is 4.79 Å². The van der Waals surface area contributed by atoms with E-state index in [1.165, 1.54) is 4.68 Å². The molecule has 0 unspecified atom stereocenters. The quantitative estimate of drug-likeness (QED) is 0.848. The molecule has 7 nitrogen and oxygen atoms in total. The van der Waals surface area contributed by atoms with Crippen molar-refractivity contribution >= 4 is 18.1 Å². The molecule has 126 valence electrons. The first-order valence-corrected chi connectivity index (χ1v) is 7.37. The van der Waals surface area contributed by atoms with E-state index in [0.29, 0.717) is 11.3 Å². The first-order valence-electron chi connectivity index (χ1n) is 7.37. The third-order valence-corrected chi connectivity index (χ3v) is 3.33. The number of nitrogens with zero attached hydrogens (tertiary/aromatic N) is 2. The predicted octanol–water partition coefficient (Wildman–Crippen LogP) is 2.37. The lowest BCUT2D eigenvalue weighted by atomic mass is 10.1. The molecule has 1 heterocycles. The van der Waals surface area contributed by atoms with Crippen LogP contribution in [0.15, 0.2) is 36.4 Å². The van der Waals surface area contributed by atoms with E-state index in [0.717, 1.165) is 5.56 Å². The molecule has 1 amide bonds. The molecule has 0 bridgehead atoms. The Morgan fingerprint density at radius 1 is 1.33 bits per heavy atom. The molecule has 0 aliphatic heterocycles. The zero-order valence-corrected chi connectivity index (χ0v) is 13.5. The van der Waals surface area contributed by atoms with Gasteiger partial charge in [0, 0.05) is 19.2 Å². The summed E-state index contributed by atoms with van der Waals surface area (Å²) in [4.78, 5) is 22.8. The number of aromatic carboxylic acids is 1. The summed E-state index contributed by atoms with van der Waals surface area (Å²) in [5, 5.41) is 15.9. The highest BCUT2D eigenvalue weighted by Crippen LogP contribution is 2.14. The summed E-state index contributed by atoms with van der Waals surface area (Å²) in [5.41, 5.74) is 2.14. The maximum atomic E-state index is 11.6. The van der Waals surface area contributed by atoms with E-state index in [1.54, 1.807) is 26.1 Å². The predicted molar refractivity (Wildman–Crippen MR) is 88.6 cm³/mol. The highest BCUT2D eigenvalue weighted by molar-refractivity contribution is 5.90. The second kappa shape index (κ2) is 7.96. The van der Waals surface area contributed by atoms with Gasteiger partial charge in [-0.15, -0.1) is 0 Å². The van der Waals surface area contributed by atoms with Crippen molar-refractivity contribution in [3.8, 4) is 0 Å². The minimum absolute atomic E-state index is 0.107. The van der Waals surface area contributed by atoms with Gasteiger partial charge in [0.1, 0.15) is 6.61 Å². The van der Waals surface area contributed by atoms with Crippen molar-refractivity contribution < 1.29 is 19.4 Å². The molecule has 0 aliphatic carbocycles. The molecule has 0 saturated carbocycles. The molecule has 2 aromatic rings. The monoisotopic (exact) mass is 329 g/mol. The van der Waals surface area contributed by atoms with Gasteiger partial charge in [0.05, 0.1) is 5.69 Å². The third kappa shape index (κ3) is 4.45. The number of nitrogens with one attached hydrogen (secondary N) is 1. The number of amides is 1. The summed E-state index contributed by atoms with van der Waals surface area (Å²) >= 11 is 0. The van der Waals surface area contributed by atoms with Crippen molar-refractivity contribution in [2.75, 3.05) is 6.54 Å². The summed E-state index contributed by atoms with van der Waals surface area (Å²) in [6.07, 6.45) is 2.74. The van der Waals surface area contributed by atoms with Crippen molar-refractivity contribution in [2.24, 2.45) is 7.05 Å². The van der Waals surface area contributed by atoms with Crippen molar-refractivity contribution in [3.63, 3.8) is 0 Å². The van der Waals surface area contributed by atoms with Gasteiger partial charge >= 0.3 is 12.1 Å². The van der Waals surface area contributed by atoms with Crippen molar-refractivity contribution in [2.45, 2.75) is 13.5 Å². The second-order valence-electron chi connectivity index (χ2n) is 5.12. The van der Waals surface area contributed by atoms with E-state index < -0.39 is 12.1 Å². The normalized spacial score (nSPS) is 10.8. The number of benzene rings is 1. The minimum Gasteiger partial charge on any atom is -0.477 e. The number of carboxylic acids is 1. The van der Waals surface area contributed by atoms with Gasteiger partial charge in [-0.2, -0.15) is 5.10 Å². The number of rotatable bonds is 6. The van der Waals surface area contributed by atoms with Crippen LogP contribution in [-0.2, 0) is 18.4 Å². The summed E-state index contributed by atoms with van der Waals surface area (Å²) in [5.74, 6) is -1.05. The summed E-state index contributed by atoms with van der Waals surface area (Å²) in [7, 11) is 1.58. The average molecular weight is 329 g/mol. The molecular weight excluding hydrogens is 310 g/mol. The molecule has 0 atom stereocenters. The molecule has 1 aromatic heterocycles. The van der Waals surface area contributed by atoms with Gasteiger partial charge < -0.3 is 15.2 Å². The first kappa shape index (κ1) is 17.3. The molecule has 1 aromatic carbocycles. The maximum absolute atomic E-state index is 11.6. The number of carboxylic acid groups (broad SMARTS) is 1. The van der Waals surface area contributed by atoms with Gasteiger partial charge in [-0.05, 0) is 12.5 Å². The maximum Gasteiger partial charge on any atom is 0.407 e. The van der Waals surface area contributed by atoms with E-state index in [2.05, 4.69) is 10.4 Å². The SMILES string of the molecule is Cc1nn(C)c(C(=O)O)c1C=CCNC(=O)OCc1ccccc1. The van der Waals surface area contributed by atoms with Crippen LogP contribution in [0.5, 0.6) is 0 Å². The fourth-order valence-electron chi connectivity index (χ4n) is 2.22. The van der Waals surface area contributed by atoms with Crippen LogP contribution in [0.1, 0.15) is 27.3 Å². The Labute approximate surface area is 139 Å². The lowest BCUT2D eigenvalue weighted by Gasteiger charge is -2.05. The summed E-state index contributed by atoms with van der Waals surface area (Å²) in [6.45, 7) is 2.15. The van der Waals surface area contributed by atoms with Crippen LogP contribution >= 0.6 is 0 Å². The summed E-state index contributed by atoms with van der Waals surface area (Å²) < 4.78 is 6.39. The van der Waals surface area contributed by atoms with Crippen LogP contribution in [0.2, 0.25) is 0 Å². The number of aryl methyl sites for hydroxylation is 2. The Bertz CT molecular complexity index is 751. The number of carbonyl (C=O) groups is 2. The van der Waals surface area contributed by atoms with Crippen LogP contribution in [0, 0.1) is 6.92 Å². The molecule has 0 fully saturated rings. The Kier molecular flexibility index (Phi) is 5.73. The Hall–Kier alpha value is -3.09. The smallest absolute Gasteiger partial charge is 0.407 e. The lowest BCUT2D eigenvalue weighted by molar-refractivity contribution is 0.0684. The highest BCUT2D eigenvalue weighted by atomic mass is 16.5. The molecule has 0 aliphatic rings. The van der Waals surface area contributed by atoms with Crippen LogP contribution in [0.3, 0.4) is 0 Å². The number of aromatic nitrogens is 2. The number of hydrogen-bond acceptors (Lipinski definition) is 4. The number of ether oxygens (including phenoxy) is 1.